The van der Waals surface area contributed by atoms with E-state index in [4.69, 9.17) is 5.11 Å². The van der Waals surface area contributed by atoms with Gasteiger partial charge in [-0.15, -0.1) is 0 Å². The molecule has 0 bridgehead atoms. The van der Waals surface area contributed by atoms with Crippen molar-refractivity contribution in [3.63, 3.8) is 0 Å². The maximum absolute atomic E-state index is 8.25. The van der Waals surface area contributed by atoms with Gasteiger partial charge < -0.3 is 5.11 Å². The predicted octanol–water partition coefficient (Wildman–Crippen LogP) is 6.10. The van der Waals surface area contributed by atoms with Crippen LogP contribution in [-0.2, 0) is 0 Å². The van der Waals surface area contributed by atoms with Crippen LogP contribution in [0, 0.1) is 0 Å². The molecule has 0 atom stereocenters. The second-order valence-corrected chi connectivity index (χ2v) is 12.1. The van der Waals surface area contributed by atoms with Crippen molar-refractivity contribution in [3.05, 3.63) is 158 Å². The van der Waals surface area contributed by atoms with Crippen LogP contribution in [0.3, 0.4) is 0 Å². The summed E-state index contributed by atoms with van der Waals surface area (Å²) in [5.74, 6) is 0. The molecule has 6 aromatic carbocycles. The molecule has 6 rings (SSSR count). The monoisotopic (exact) mass is 496 g/mol. The second-order valence-electron chi connectivity index (χ2n) is 8.72. The van der Waals surface area contributed by atoms with Crippen molar-refractivity contribution in [1.82, 2.24) is 0 Å². The number of hydrogen-bond acceptors (Lipinski definition) is 1. The van der Waals surface area contributed by atoms with E-state index in [9.17, 15) is 0 Å². The van der Waals surface area contributed by atoms with Gasteiger partial charge in [0.25, 0.3) is 0 Å². The van der Waals surface area contributed by atoms with Gasteiger partial charge in [-0.3, -0.25) is 0 Å². The van der Waals surface area contributed by atoms with E-state index in [1.807, 2.05) is 0 Å². The second kappa shape index (κ2) is 11.4. The zero-order valence-electron chi connectivity index (χ0n) is 20.9. The van der Waals surface area contributed by atoms with Gasteiger partial charge in [-0.05, 0) is 58.8 Å². The zero-order chi connectivity index (χ0) is 25.5. The van der Waals surface area contributed by atoms with Crippen LogP contribution in [0.15, 0.2) is 158 Å². The molecule has 0 aliphatic carbocycles. The fourth-order valence-corrected chi connectivity index (χ4v) is 9.73. The molecular weight excluding hydrogens is 467 g/mol. The average Bonchev–Trinajstić information content (AvgIpc) is 3.00. The van der Waals surface area contributed by atoms with Crippen LogP contribution in [0.1, 0.15) is 0 Å². The molecule has 0 unspecified atom stereocenters. The Morgan fingerprint density at radius 2 is 0.784 bits per heavy atom. The first-order chi connectivity index (χ1) is 18.4. The first-order valence-electron chi connectivity index (χ1n) is 12.4. The third-order valence-corrected chi connectivity index (χ3v) is 11.1. The summed E-state index contributed by atoms with van der Waals surface area (Å²) in [5, 5.41) is 16.3. The molecule has 0 heterocycles. The van der Waals surface area contributed by atoms with Gasteiger partial charge in [0, 0.05) is 5.56 Å². The lowest BCUT2D eigenvalue weighted by atomic mass is 9.98. The lowest BCUT2D eigenvalue weighted by Gasteiger charge is -2.29. The minimum atomic E-state index is -2.19. The van der Waals surface area contributed by atoms with E-state index >= 15 is 0 Å². The highest BCUT2D eigenvalue weighted by Gasteiger charge is 2.49. The summed E-state index contributed by atoms with van der Waals surface area (Å²) in [6.07, 6.45) is 0. The van der Waals surface area contributed by atoms with Gasteiger partial charge in [0.05, 0.1) is 0 Å². The van der Waals surface area contributed by atoms with E-state index in [0.29, 0.717) is 0 Å². The Balaban J connectivity index is 0.00000137. The first-order valence-corrected chi connectivity index (χ1v) is 14.2. The van der Waals surface area contributed by atoms with Crippen LogP contribution in [0.25, 0.3) is 21.9 Å². The van der Waals surface area contributed by atoms with Crippen LogP contribution in [-0.4, -0.2) is 7.11 Å². The van der Waals surface area contributed by atoms with Gasteiger partial charge in [0.2, 0.25) is 0 Å². The van der Waals surface area contributed by atoms with Crippen LogP contribution >= 0.6 is 7.26 Å². The number of rotatable bonds is 5. The Hall–Kier alpha value is -4.03. The molecular formula is C35H29OP. The van der Waals surface area contributed by atoms with Crippen molar-refractivity contribution in [2.45, 2.75) is 0 Å². The minimum absolute atomic E-state index is 0.750. The molecule has 1 nitrogen and oxygen atoms in total. The molecule has 2 heteroatoms. The van der Waals surface area contributed by atoms with Gasteiger partial charge in [0.1, 0.15) is 28.5 Å². The lowest BCUT2D eigenvalue weighted by Crippen LogP contribution is -2.39. The standard InChI is InChI=1S/C34H26P.CH3O/c1-4-17-28(18-5-1)35(29-19-6-2-7-20-29,30-21-8-3-9-22-30)34-26-13-12-24-33(34)32-25-14-16-27-15-10-11-23-31(27)32;1-2/h1-26H;1H3/q+1;-1. The van der Waals surface area contributed by atoms with E-state index in [-0.39, 0.29) is 0 Å². The molecule has 180 valence electrons. The fraction of sp³-hybridized carbons (Fsp3) is 0.0286. The summed E-state index contributed by atoms with van der Waals surface area (Å²) in [7, 11) is -1.44. The van der Waals surface area contributed by atoms with E-state index in [0.717, 1.165) is 7.11 Å². The third-order valence-electron chi connectivity index (χ3n) is 6.78. The summed E-state index contributed by atoms with van der Waals surface area (Å²) in [5.41, 5.74) is 2.58. The molecule has 0 N–H and O–H groups in total. The molecule has 0 aromatic heterocycles. The van der Waals surface area contributed by atoms with Crippen LogP contribution in [0.5, 0.6) is 0 Å². The molecule has 0 fully saturated rings. The third kappa shape index (κ3) is 4.49. The van der Waals surface area contributed by atoms with Crippen molar-refractivity contribution < 1.29 is 5.11 Å². The molecule has 0 amide bonds. The van der Waals surface area contributed by atoms with Crippen molar-refractivity contribution in [1.29, 1.82) is 0 Å². The maximum atomic E-state index is 8.25. The molecule has 0 spiro atoms. The quantitative estimate of drug-likeness (QED) is 0.265. The van der Waals surface area contributed by atoms with Crippen LogP contribution in [0.4, 0.5) is 0 Å². The van der Waals surface area contributed by atoms with E-state index < -0.39 is 7.26 Å². The average molecular weight is 497 g/mol. The number of fused-ring (bicyclic) bond motifs is 1. The first kappa shape index (κ1) is 24.7. The van der Waals surface area contributed by atoms with Gasteiger partial charge >= 0.3 is 0 Å². The predicted molar refractivity (Wildman–Crippen MR) is 160 cm³/mol. The highest BCUT2D eigenvalue weighted by molar-refractivity contribution is 8.01. The van der Waals surface area contributed by atoms with Gasteiger partial charge in [0.15, 0.2) is 0 Å². The fourth-order valence-electron chi connectivity index (χ4n) is 5.27. The Morgan fingerprint density at radius 3 is 1.35 bits per heavy atom. The Kier molecular flexibility index (Phi) is 7.57. The molecule has 0 radical (unpaired) electrons. The molecule has 6 aromatic rings. The summed E-state index contributed by atoms with van der Waals surface area (Å²) in [6, 6.07) is 57.7. The van der Waals surface area contributed by atoms with Gasteiger partial charge in [-0.2, -0.15) is 7.11 Å². The van der Waals surface area contributed by atoms with E-state index in [2.05, 4.69) is 158 Å². The summed E-state index contributed by atoms with van der Waals surface area (Å²) >= 11 is 0. The molecule has 0 aliphatic heterocycles. The largest absolute Gasteiger partial charge is 0.857 e. The Bertz CT molecular complexity index is 1480. The number of hydrogen-bond donors (Lipinski definition) is 0. The van der Waals surface area contributed by atoms with Crippen molar-refractivity contribution in [3.8, 4) is 11.1 Å². The highest BCUT2D eigenvalue weighted by atomic mass is 31.2. The SMILES string of the molecule is C[O-].c1ccc([P+](c2ccccc2)(c2ccccc2)c2ccccc2-c2cccc3ccccc23)cc1. The minimum Gasteiger partial charge on any atom is -0.857 e. The smallest absolute Gasteiger partial charge is 0.144 e. The lowest BCUT2D eigenvalue weighted by molar-refractivity contribution is -0.325. The topological polar surface area (TPSA) is 23.1 Å². The number of benzene rings is 6. The van der Waals surface area contributed by atoms with Crippen molar-refractivity contribution in [2.24, 2.45) is 0 Å². The Labute approximate surface area is 220 Å². The van der Waals surface area contributed by atoms with Crippen molar-refractivity contribution in [2.75, 3.05) is 7.11 Å². The van der Waals surface area contributed by atoms with Crippen molar-refractivity contribution >= 4 is 39.3 Å². The van der Waals surface area contributed by atoms with Gasteiger partial charge in [-0.25, -0.2) is 0 Å². The van der Waals surface area contributed by atoms with Crippen LogP contribution in [0.2, 0.25) is 0 Å². The summed E-state index contributed by atoms with van der Waals surface area (Å²) in [4.78, 5) is 0. The molecule has 0 saturated carbocycles. The highest BCUT2D eigenvalue weighted by Crippen LogP contribution is 2.56. The van der Waals surface area contributed by atoms with Crippen LogP contribution < -0.4 is 26.3 Å². The van der Waals surface area contributed by atoms with Gasteiger partial charge in [-0.1, -0.05) is 115 Å². The molecule has 0 aliphatic rings. The maximum Gasteiger partial charge on any atom is 0.144 e. The summed E-state index contributed by atoms with van der Waals surface area (Å²) < 4.78 is 0. The molecule has 37 heavy (non-hydrogen) atoms. The van der Waals surface area contributed by atoms with E-state index in [1.165, 1.54) is 43.1 Å². The normalized spacial score (nSPS) is 11.0. The summed E-state index contributed by atoms with van der Waals surface area (Å²) in [6.45, 7) is 0. The zero-order valence-corrected chi connectivity index (χ0v) is 21.8. The van der Waals surface area contributed by atoms with E-state index in [1.54, 1.807) is 0 Å². The molecule has 0 saturated heterocycles. The Morgan fingerprint density at radius 1 is 0.378 bits per heavy atom.